The molecule has 1 amide bonds. The molecule has 0 aliphatic carbocycles. The van der Waals surface area contributed by atoms with Crippen LogP contribution in [0.15, 0.2) is 12.4 Å². The molecule has 3 aliphatic rings. The summed E-state index contributed by atoms with van der Waals surface area (Å²) in [6.07, 6.45) is 10.4. The van der Waals surface area contributed by atoms with E-state index < -0.39 is 0 Å². The highest BCUT2D eigenvalue weighted by Crippen LogP contribution is 2.29. The zero-order chi connectivity index (χ0) is 17.9. The second-order valence-electron chi connectivity index (χ2n) is 8.17. The highest BCUT2D eigenvalue weighted by atomic mass is 16.5. The number of rotatable bonds is 3. The van der Waals surface area contributed by atoms with Crippen LogP contribution < -0.4 is 0 Å². The molecule has 0 spiro atoms. The van der Waals surface area contributed by atoms with Crippen LogP contribution in [-0.4, -0.2) is 70.7 Å². The summed E-state index contributed by atoms with van der Waals surface area (Å²) in [5.41, 5.74) is 0. The molecular weight excluding hydrogens is 328 g/mol. The molecule has 4 rings (SSSR count). The lowest BCUT2D eigenvalue weighted by molar-refractivity contribution is -0.139. The molecule has 0 aromatic carbocycles. The zero-order valence-corrected chi connectivity index (χ0v) is 16.0. The summed E-state index contributed by atoms with van der Waals surface area (Å²) < 4.78 is 7.62. The Labute approximate surface area is 156 Å². The van der Waals surface area contributed by atoms with Gasteiger partial charge in [0.15, 0.2) is 0 Å². The standard InChI is InChI=1S/C20H32N4O2/c1-22-12-8-21-19(22)16-4-10-23(11-5-16)20(25)17-3-2-9-24(15-17)18-6-13-26-14-7-18/h8,12,16-18H,2-7,9-11,13-15H2,1H3/t17-/m0/s1. The predicted octanol–water partition coefficient (Wildman–Crippen LogP) is 2.02. The lowest BCUT2D eigenvalue weighted by Crippen LogP contribution is -2.50. The van der Waals surface area contributed by atoms with Crippen molar-refractivity contribution in [2.75, 3.05) is 39.4 Å². The van der Waals surface area contributed by atoms with Crippen LogP contribution >= 0.6 is 0 Å². The third-order valence-corrected chi connectivity index (χ3v) is 6.54. The summed E-state index contributed by atoms with van der Waals surface area (Å²) in [4.78, 5) is 22.3. The average molecular weight is 361 g/mol. The van der Waals surface area contributed by atoms with E-state index in [-0.39, 0.29) is 5.92 Å². The first-order chi connectivity index (χ1) is 12.7. The number of piperidine rings is 2. The first-order valence-electron chi connectivity index (χ1n) is 10.3. The van der Waals surface area contributed by atoms with Crippen molar-refractivity contribution in [1.82, 2.24) is 19.4 Å². The van der Waals surface area contributed by atoms with Crippen molar-refractivity contribution in [3.63, 3.8) is 0 Å². The van der Waals surface area contributed by atoms with Gasteiger partial charge in [-0.15, -0.1) is 0 Å². The SMILES string of the molecule is Cn1ccnc1C1CCN(C(=O)[C@H]2CCCN(C3CCOCC3)C2)CC1. The van der Waals surface area contributed by atoms with Crippen LogP contribution in [0.2, 0.25) is 0 Å². The molecule has 26 heavy (non-hydrogen) atoms. The van der Waals surface area contributed by atoms with Gasteiger partial charge in [-0.05, 0) is 45.1 Å². The minimum Gasteiger partial charge on any atom is -0.381 e. The monoisotopic (exact) mass is 360 g/mol. The summed E-state index contributed by atoms with van der Waals surface area (Å²) in [6, 6.07) is 0.619. The number of aromatic nitrogens is 2. The maximum absolute atomic E-state index is 13.1. The third kappa shape index (κ3) is 3.81. The molecule has 0 N–H and O–H groups in total. The number of ether oxygens (including phenoxy) is 1. The average Bonchev–Trinajstić information content (AvgIpc) is 3.14. The van der Waals surface area contributed by atoms with E-state index in [4.69, 9.17) is 4.74 Å². The zero-order valence-electron chi connectivity index (χ0n) is 16.0. The Hall–Kier alpha value is -1.40. The van der Waals surface area contributed by atoms with E-state index >= 15 is 0 Å². The molecule has 3 saturated heterocycles. The normalized spacial score (nSPS) is 27.0. The fourth-order valence-electron chi connectivity index (χ4n) is 4.98. The predicted molar refractivity (Wildman–Crippen MR) is 99.9 cm³/mol. The first kappa shape index (κ1) is 18.0. The van der Waals surface area contributed by atoms with E-state index in [0.29, 0.717) is 17.9 Å². The van der Waals surface area contributed by atoms with Crippen molar-refractivity contribution in [3.05, 3.63) is 18.2 Å². The van der Waals surface area contributed by atoms with E-state index in [1.165, 1.54) is 5.82 Å². The van der Waals surface area contributed by atoms with Crippen molar-refractivity contribution < 1.29 is 9.53 Å². The van der Waals surface area contributed by atoms with Crippen LogP contribution in [0.1, 0.15) is 50.3 Å². The van der Waals surface area contributed by atoms with Crippen LogP contribution in [0.4, 0.5) is 0 Å². The number of likely N-dealkylation sites (tertiary alicyclic amines) is 2. The van der Waals surface area contributed by atoms with Crippen LogP contribution in [0.5, 0.6) is 0 Å². The number of nitrogens with zero attached hydrogens (tertiary/aromatic N) is 4. The van der Waals surface area contributed by atoms with Gasteiger partial charge in [0, 0.05) is 64.2 Å². The number of hydrogen-bond donors (Lipinski definition) is 0. The molecule has 3 fully saturated rings. The van der Waals surface area contributed by atoms with Gasteiger partial charge in [0.2, 0.25) is 5.91 Å². The lowest BCUT2D eigenvalue weighted by atomic mass is 9.91. The van der Waals surface area contributed by atoms with E-state index in [2.05, 4.69) is 26.4 Å². The number of aryl methyl sites for hydroxylation is 1. The Balaban J connectivity index is 1.31. The maximum atomic E-state index is 13.1. The van der Waals surface area contributed by atoms with Gasteiger partial charge in [-0.25, -0.2) is 4.98 Å². The molecule has 4 heterocycles. The number of carbonyl (C=O) groups excluding carboxylic acids is 1. The fourth-order valence-corrected chi connectivity index (χ4v) is 4.98. The van der Waals surface area contributed by atoms with Crippen molar-refractivity contribution in [3.8, 4) is 0 Å². The Kier molecular flexibility index (Phi) is 5.60. The van der Waals surface area contributed by atoms with Gasteiger partial charge in [-0.2, -0.15) is 0 Å². The van der Waals surface area contributed by atoms with Gasteiger partial charge in [0.1, 0.15) is 5.82 Å². The van der Waals surface area contributed by atoms with E-state index in [1.54, 1.807) is 0 Å². The summed E-state index contributed by atoms with van der Waals surface area (Å²) in [5.74, 6) is 2.24. The molecule has 6 heteroatoms. The van der Waals surface area contributed by atoms with Gasteiger partial charge < -0.3 is 14.2 Å². The number of imidazole rings is 1. The minimum atomic E-state index is 0.191. The Morgan fingerprint density at radius 3 is 2.58 bits per heavy atom. The second kappa shape index (κ2) is 8.09. The van der Waals surface area contributed by atoms with Crippen molar-refractivity contribution in [1.29, 1.82) is 0 Å². The largest absolute Gasteiger partial charge is 0.381 e. The number of carbonyl (C=O) groups is 1. The van der Waals surface area contributed by atoms with Gasteiger partial charge >= 0.3 is 0 Å². The van der Waals surface area contributed by atoms with Crippen molar-refractivity contribution >= 4 is 5.91 Å². The highest BCUT2D eigenvalue weighted by molar-refractivity contribution is 5.79. The Morgan fingerprint density at radius 1 is 1.12 bits per heavy atom. The van der Waals surface area contributed by atoms with Gasteiger partial charge in [0.05, 0.1) is 5.92 Å². The molecule has 1 aromatic heterocycles. The van der Waals surface area contributed by atoms with E-state index in [9.17, 15) is 4.79 Å². The summed E-state index contributed by atoms with van der Waals surface area (Å²) in [6.45, 7) is 5.60. The van der Waals surface area contributed by atoms with Gasteiger partial charge in [-0.1, -0.05) is 0 Å². The van der Waals surface area contributed by atoms with Gasteiger partial charge in [0.25, 0.3) is 0 Å². The first-order valence-corrected chi connectivity index (χ1v) is 10.3. The quantitative estimate of drug-likeness (QED) is 0.827. The lowest BCUT2D eigenvalue weighted by Gasteiger charge is -2.41. The van der Waals surface area contributed by atoms with Crippen LogP contribution in [0.3, 0.4) is 0 Å². The summed E-state index contributed by atoms with van der Waals surface area (Å²) >= 11 is 0. The fraction of sp³-hybridized carbons (Fsp3) is 0.800. The molecule has 0 saturated carbocycles. The highest BCUT2D eigenvalue weighted by Gasteiger charge is 2.34. The van der Waals surface area contributed by atoms with Gasteiger partial charge in [-0.3, -0.25) is 9.69 Å². The van der Waals surface area contributed by atoms with Crippen molar-refractivity contribution in [2.45, 2.75) is 50.5 Å². The molecule has 0 radical (unpaired) electrons. The molecule has 0 bridgehead atoms. The summed E-state index contributed by atoms with van der Waals surface area (Å²) in [5, 5.41) is 0. The van der Waals surface area contributed by atoms with Crippen LogP contribution in [-0.2, 0) is 16.6 Å². The molecule has 1 atom stereocenters. The minimum absolute atomic E-state index is 0.191. The second-order valence-corrected chi connectivity index (χ2v) is 8.17. The van der Waals surface area contributed by atoms with Crippen LogP contribution in [0, 0.1) is 5.92 Å². The number of amides is 1. The third-order valence-electron chi connectivity index (χ3n) is 6.54. The molecule has 6 nitrogen and oxygen atoms in total. The molecule has 0 unspecified atom stereocenters. The Bertz CT molecular complexity index is 603. The topological polar surface area (TPSA) is 50.6 Å². The van der Waals surface area contributed by atoms with Crippen molar-refractivity contribution in [2.24, 2.45) is 13.0 Å². The molecule has 1 aromatic rings. The van der Waals surface area contributed by atoms with Crippen LogP contribution in [0.25, 0.3) is 0 Å². The number of hydrogen-bond acceptors (Lipinski definition) is 4. The Morgan fingerprint density at radius 2 is 1.88 bits per heavy atom. The summed E-state index contributed by atoms with van der Waals surface area (Å²) in [7, 11) is 2.06. The smallest absolute Gasteiger partial charge is 0.226 e. The molecule has 144 valence electrons. The van der Waals surface area contributed by atoms with E-state index in [0.717, 1.165) is 77.9 Å². The molecule has 3 aliphatic heterocycles. The molecular formula is C20H32N4O2. The maximum Gasteiger partial charge on any atom is 0.226 e. The van der Waals surface area contributed by atoms with E-state index in [1.807, 2.05) is 12.4 Å².